The number of thioether (sulfide) groups is 1. The molecule has 0 saturated carbocycles. The van der Waals surface area contributed by atoms with Crippen LogP contribution in [0, 0.1) is 0 Å². The fourth-order valence-electron chi connectivity index (χ4n) is 1.31. The summed E-state index contributed by atoms with van der Waals surface area (Å²) in [6.07, 6.45) is 1.01. The maximum Gasteiger partial charge on any atom is 0.157 e. The van der Waals surface area contributed by atoms with Crippen molar-refractivity contribution >= 4 is 17.6 Å². The highest BCUT2D eigenvalue weighted by atomic mass is 32.2. The number of nitrogens with one attached hydrogen (secondary N) is 1. The van der Waals surface area contributed by atoms with Crippen LogP contribution in [0.15, 0.2) is 11.1 Å². The lowest BCUT2D eigenvalue weighted by atomic mass is 10.5. The van der Waals surface area contributed by atoms with Crippen LogP contribution in [-0.2, 0) is 16.1 Å². The fourth-order valence-corrected chi connectivity index (χ4v) is 2.15. The number of anilines is 1. The Bertz CT molecular complexity index is 350. The first-order chi connectivity index (χ1) is 8.80. The average Bonchev–Trinajstić information content (AvgIpc) is 2.41. The zero-order chi connectivity index (χ0) is 13.2. The number of ether oxygens (including phenoxy) is 2. The van der Waals surface area contributed by atoms with Gasteiger partial charge in [-0.2, -0.15) is 0 Å². The molecule has 1 heterocycles. The molecule has 0 amide bonds. The highest BCUT2D eigenvalue weighted by molar-refractivity contribution is 7.99. The molecule has 0 atom stereocenters. The third-order valence-electron chi connectivity index (χ3n) is 2.18. The van der Waals surface area contributed by atoms with Gasteiger partial charge in [0.2, 0.25) is 0 Å². The second-order valence-electron chi connectivity index (χ2n) is 3.59. The molecule has 102 valence electrons. The largest absolute Gasteiger partial charge is 0.385 e. The monoisotopic (exact) mass is 271 g/mol. The third-order valence-corrected chi connectivity index (χ3v) is 3.18. The summed E-state index contributed by atoms with van der Waals surface area (Å²) in [4.78, 5) is 8.81. The molecule has 0 bridgehead atoms. The molecular weight excluding hydrogens is 250 g/mol. The van der Waals surface area contributed by atoms with Crippen LogP contribution in [0.3, 0.4) is 0 Å². The predicted octanol–water partition coefficient (Wildman–Crippen LogP) is 2.18. The van der Waals surface area contributed by atoms with Crippen molar-refractivity contribution in [1.82, 2.24) is 9.97 Å². The maximum atomic E-state index is 5.34. The Balaban J connectivity index is 2.58. The van der Waals surface area contributed by atoms with E-state index < -0.39 is 0 Å². The molecule has 0 aliphatic carbocycles. The number of aromatic nitrogens is 2. The summed E-state index contributed by atoms with van der Waals surface area (Å²) in [5, 5.41) is 4.01. The summed E-state index contributed by atoms with van der Waals surface area (Å²) in [7, 11) is 3.57. The Morgan fingerprint density at radius 1 is 1.39 bits per heavy atom. The number of rotatable bonds is 9. The van der Waals surface area contributed by atoms with Crippen LogP contribution in [0.25, 0.3) is 0 Å². The van der Waals surface area contributed by atoms with Crippen molar-refractivity contribution in [2.24, 2.45) is 0 Å². The first-order valence-corrected chi connectivity index (χ1v) is 7.04. The minimum atomic E-state index is 0.456. The van der Waals surface area contributed by atoms with E-state index in [0.717, 1.165) is 35.4 Å². The molecule has 1 aromatic rings. The van der Waals surface area contributed by atoms with E-state index in [1.165, 1.54) is 0 Å². The molecule has 0 aliphatic rings. The van der Waals surface area contributed by atoms with E-state index in [4.69, 9.17) is 9.47 Å². The molecule has 1 rings (SSSR count). The SMILES string of the molecule is CCOCc1nc(NC)cc(SCCCOC)n1. The molecule has 18 heavy (non-hydrogen) atoms. The molecule has 1 N–H and O–H groups in total. The Labute approximate surface area is 113 Å². The number of hydrogen-bond donors (Lipinski definition) is 1. The molecule has 0 aromatic carbocycles. The molecule has 0 saturated heterocycles. The lowest BCUT2D eigenvalue weighted by Crippen LogP contribution is -2.04. The van der Waals surface area contributed by atoms with Gasteiger partial charge in [0.05, 0.1) is 0 Å². The minimum Gasteiger partial charge on any atom is -0.385 e. The first-order valence-electron chi connectivity index (χ1n) is 6.05. The van der Waals surface area contributed by atoms with Crippen LogP contribution in [0.2, 0.25) is 0 Å². The van der Waals surface area contributed by atoms with Gasteiger partial charge in [-0.25, -0.2) is 9.97 Å². The molecule has 0 aliphatic heterocycles. The van der Waals surface area contributed by atoms with E-state index in [2.05, 4.69) is 15.3 Å². The molecular formula is C12H21N3O2S. The lowest BCUT2D eigenvalue weighted by molar-refractivity contribution is 0.128. The van der Waals surface area contributed by atoms with Crippen LogP contribution in [0.1, 0.15) is 19.2 Å². The Hall–Kier alpha value is -0.850. The number of methoxy groups -OCH3 is 1. The predicted molar refractivity (Wildman–Crippen MR) is 74.1 cm³/mol. The van der Waals surface area contributed by atoms with Crippen LogP contribution < -0.4 is 5.32 Å². The summed E-state index contributed by atoms with van der Waals surface area (Å²) in [5.41, 5.74) is 0. The van der Waals surface area contributed by atoms with Crippen molar-refractivity contribution in [2.45, 2.75) is 25.0 Å². The van der Waals surface area contributed by atoms with Gasteiger partial charge in [-0.15, -0.1) is 11.8 Å². The normalized spacial score (nSPS) is 10.6. The van der Waals surface area contributed by atoms with E-state index in [9.17, 15) is 0 Å². The van der Waals surface area contributed by atoms with Crippen molar-refractivity contribution in [3.8, 4) is 0 Å². The van der Waals surface area contributed by atoms with Gasteiger partial charge in [0, 0.05) is 39.2 Å². The molecule has 0 unspecified atom stereocenters. The van der Waals surface area contributed by atoms with E-state index in [0.29, 0.717) is 13.2 Å². The smallest absolute Gasteiger partial charge is 0.157 e. The van der Waals surface area contributed by atoms with Gasteiger partial charge in [0.1, 0.15) is 17.5 Å². The molecule has 0 spiro atoms. The van der Waals surface area contributed by atoms with E-state index in [1.54, 1.807) is 18.9 Å². The molecule has 1 aromatic heterocycles. The highest BCUT2D eigenvalue weighted by Gasteiger charge is 2.04. The number of hydrogen-bond acceptors (Lipinski definition) is 6. The van der Waals surface area contributed by atoms with Crippen molar-refractivity contribution in [3.63, 3.8) is 0 Å². The van der Waals surface area contributed by atoms with Crippen LogP contribution in [-0.4, -0.2) is 43.1 Å². The standard InChI is InChI=1S/C12H21N3O2S/c1-4-17-9-11-14-10(13-2)8-12(15-11)18-7-5-6-16-3/h8H,4-7,9H2,1-3H3,(H,13,14,15). The average molecular weight is 271 g/mol. The topological polar surface area (TPSA) is 56.3 Å². The zero-order valence-corrected chi connectivity index (χ0v) is 12.0. The lowest BCUT2D eigenvalue weighted by Gasteiger charge is -2.07. The first kappa shape index (κ1) is 15.2. The summed E-state index contributed by atoms with van der Waals surface area (Å²) < 4.78 is 10.4. The van der Waals surface area contributed by atoms with Gasteiger partial charge >= 0.3 is 0 Å². The second-order valence-corrected chi connectivity index (χ2v) is 4.70. The molecule has 6 heteroatoms. The minimum absolute atomic E-state index is 0.456. The van der Waals surface area contributed by atoms with Crippen LogP contribution in [0.4, 0.5) is 5.82 Å². The summed E-state index contributed by atoms with van der Waals surface area (Å²) in [6, 6.07) is 1.95. The van der Waals surface area contributed by atoms with Gasteiger partial charge in [-0.05, 0) is 13.3 Å². The van der Waals surface area contributed by atoms with Gasteiger partial charge in [-0.3, -0.25) is 0 Å². The maximum absolute atomic E-state index is 5.34. The van der Waals surface area contributed by atoms with Gasteiger partial charge in [0.15, 0.2) is 5.82 Å². The van der Waals surface area contributed by atoms with E-state index >= 15 is 0 Å². The van der Waals surface area contributed by atoms with Crippen LogP contribution >= 0.6 is 11.8 Å². The summed E-state index contributed by atoms with van der Waals surface area (Å²) in [5.74, 6) is 2.54. The van der Waals surface area contributed by atoms with Crippen molar-refractivity contribution in [3.05, 3.63) is 11.9 Å². The summed E-state index contributed by atoms with van der Waals surface area (Å²) in [6.45, 7) is 3.87. The summed E-state index contributed by atoms with van der Waals surface area (Å²) >= 11 is 1.71. The Morgan fingerprint density at radius 2 is 2.22 bits per heavy atom. The van der Waals surface area contributed by atoms with Gasteiger partial charge in [0.25, 0.3) is 0 Å². The van der Waals surface area contributed by atoms with Gasteiger partial charge in [-0.1, -0.05) is 0 Å². The van der Waals surface area contributed by atoms with E-state index in [-0.39, 0.29) is 0 Å². The quantitative estimate of drug-likeness (QED) is 0.422. The van der Waals surface area contributed by atoms with Crippen molar-refractivity contribution in [1.29, 1.82) is 0 Å². The fraction of sp³-hybridized carbons (Fsp3) is 0.667. The molecule has 5 nitrogen and oxygen atoms in total. The van der Waals surface area contributed by atoms with Crippen molar-refractivity contribution < 1.29 is 9.47 Å². The van der Waals surface area contributed by atoms with Crippen molar-refractivity contribution in [2.75, 3.05) is 38.4 Å². The van der Waals surface area contributed by atoms with Crippen LogP contribution in [0.5, 0.6) is 0 Å². The second kappa shape index (κ2) is 9.13. The zero-order valence-electron chi connectivity index (χ0n) is 11.2. The van der Waals surface area contributed by atoms with E-state index in [1.807, 2.05) is 20.0 Å². The Kier molecular flexibility index (Phi) is 7.71. The highest BCUT2D eigenvalue weighted by Crippen LogP contribution is 2.19. The Morgan fingerprint density at radius 3 is 2.89 bits per heavy atom. The molecule has 0 fully saturated rings. The van der Waals surface area contributed by atoms with Gasteiger partial charge < -0.3 is 14.8 Å². The third kappa shape index (κ3) is 5.66. The number of nitrogens with zero attached hydrogens (tertiary/aromatic N) is 2. The molecule has 0 radical (unpaired) electrons.